The summed E-state index contributed by atoms with van der Waals surface area (Å²) in [6.45, 7) is 1.93. The lowest BCUT2D eigenvalue weighted by Gasteiger charge is -1.94. The summed E-state index contributed by atoms with van der Waals surface area (Å²) < 4.78 is 12.7. The van der Waals surface area contributed by atoms with Crippen LogP contribution in [-0.4, -0.2) is 5.24 Å². The normalized spacial score (nSPS) is 11.5. The van der Waals surface area contributed by atoms with E-state index in [0.717, 1.165) is 11.6 Å². The van der Waals surface area contributed by atoms with Gasteiger partial charge < -0.3 is 0 Å². The zero-order valence-corrected chi connectivity index (χ0v) is 7.81. The maximum atomic E-state index is 12.7. The molecule has 3 heteroatoms. The van der Waals surface area contributed by atoms with Gasteiger partial charge in [-0.25, -0.2) is 4.39 Å². The van der Waals surface area contributed by atoms with Crippen LogP contribution in [0, 0.1) is 6.92 Å². The van der Waals surface area contributed by atoms with E-state index in [-0.39, 0.29) is 0 Å². The third-order valence-corrected chi connectivity index (χ3v) is 1.74. The molecule has 1 rings (SSSR count). The minimum atomic E-state index is -1.07. The first-order valence-corrected chi connectivity index (χ1v) is 4.11. The molecule has 0 atom stereocenters. The summed E-state index contributed by atoms with van der Waals surface area (Å²) >= 11 is 4.93. The average molecular weight is 199 g/mol. The molecule has 1 nitrogen and oxygen atoms in total. The van der Waals surface area contributed by atoms with Gasteiger partial charge in [0.2, 0.25) is 0 Å². The van der Waals surface area contributed by atoms with Crippen LogP contribution in [0.3, 0.4) is 0 Å². The number of aryl methyl sites for hydroxylation is 1. The van der Waals surface area contributed by atoms with Gasteiger partial charge in [-0.1, -0.05) is 29.8 Å². The molecule has 0 bridgehead atoms. The second-order valence-corrected chi connectivity index (χ2v) is 3.02. The largest absolute Gasteiger partial charge is 0.280 e. The first kappa shape index (κ1) is 9.93. The van der Waals surface area contributed by atoms with Crippen LogP contribution in [-0.2, 0) is 4.79 Å². The second kappa shape index (κ2) is 4.19. The quantitative estimate of drug-likeness (QED) is 0.527. The maximum absolute atomic E-state index is 12.7. The van der Waals surface area contributed by atoms with Crippen LogP contribution in [0.1, 0.15) is 11.1 Å². The molecule has 0 N–H and O–H groups in total. The summed E-state index contributed by atoms with van der Waals surface area (Å²) in [6.07, 6.45) is 1.11. The van der Waals surface area contributed by atoms with Crippen LogP contribution >= 0.6 is 11.6 Å². The fourth-order valence-corrected chi connectivity index (χ4v) is 0.920. The van der Waals surface area contributed by atoms with Gasteiger partial charge in [-0.2, -0.15) is 0 Å². The Balaban J connectivity index is 2.92. The Bertz CT molecular complexity index is 340. The van der Waals surface area contributed by atoms with Crippen molar-refractivity contribution in [2.45, 2.75) is 6.92 Å². The summed E-state index contributed by atoms with van der Waals surface area (Å²) in [5, 5.41) is -1.07. The molecule has 0 aliphatic rings. The van der Waals surface area contributed by atoms with E-state index in [1.807, 2.05) is 19.1 Å². The van der Waals surface area contributed by atoms with Crippen LogP contribution in [0.5, 0.6) is 0 Å². The zero-order valence-electron chi connectivity index (χ0n) is 7.05. The number of carbonyl (C=O) groups is 1. The summed E-state index contributed by atoms with van der Waals surface area (Å²) in [7, 11) is 0. The summed E-state index contributed by atoms with van der Waals surface area (Å²) in [6, 6.07) is 7.10. The number of hydrogen-bond acceptors (Lipinski definition) is 1. The topological polar surface area (TPSA) is 17.1 Å². The smallest absolute Gasteiger partial charge is 0.273 e. The van der Waals surface area contributed by atoms with Gasteiger partial charge in [0.05, 0.1) is 0 Å². The predicted molar refractivity (Wildman–Crippen MR) is 51.1 cm³/mol. The third-order valence-electron chi connectivity index (χ3n) is 1.56. The number of hydrogen-bond donors (Lipinski definition) is 0. The highest BCUT2D eigenvalue weighted by Crippen LogP contribution is 2.11. The monoisotopic (exact) mass is 198 g/mol. The van der Waals surface area contributed by atoms with E-state index >= 15 is 0 Å². The molecule has 0 spiro atoms. The highest BCUT2D eigenvalue weighted by atomic mass is 35.5. The molecule has 0 heterocycles. The van der Waals surface area contributed by atoms with Crippen molar-refractivity contribution in [3.05, 3.63) is 41.2 Å². The Kier molecular flexibility index (Phi) is 3.20. The molecule has 0 aromatic heterocycles. The highest BCUT2D eigenvalue weighted by Gasteiger charge is 2.03. The molecule has 0 radical (unpaired) electrons. The van der Waals surface area contributed by atoms with Gasteiger partial charge in [0.15, 0.2) is 5.83 Å². The van der Waals surface area contributed by atoms with Crippen LogP contribution < -0.4 is 0 Å². The van der Waals surface area contributed by atoms with Crippen molar-refractivity contribution in [1.82, 2.24) is 0 Å². The SMILES string of the molecule is Cc1ccc(/C=C(\F)C(=O)Cl)cc1. The Hall–Kier alpha value is -1.15. The number of allylic oxidation sites excluding steroid dienone is 1. The molecule has 0 saturated heterocycles. The fraction of sp³-hybridized carbons (Fsp3) is 0.100. The number of benzene rings is 1. The average Bonchev–Trinajstić information content (AvgIpc) is 2.08. The summed E-state index contributed by atoms with van der Waals surface area (Å²) in [5.41, 5.74) is 1.70. The van der Waals surface area contributed by atoms with Crippen molar-refractivity contribution in [1.29, 1.82) is 0 Å². The third kappa shape index (κ3) is 2.99. The van der Waals surface area contributed by atoms with Crippen molar-refractivity contribution in [3.8, 4) is 0 Å². The van der Waals surface area contributed by atoms with Gasteiger partial charge in [0.1, 0.15) is 0 Å². The molecule has 0 aliphatic heterocycles. The highest BCUT2D eigenvalue weighted by molar-refractivity contribution is 6.67. The summed E-state index contributed by atoms with van der Waals surface area (Å²) in [4.78, 5) is 10.3. The molecule has 0 unspecified atom stereocenters. The van der Waals surface area contributed by atoms with E-state index in [1.165, 1.54) is 0 Å². The molecular formula is C10H8ClFO. The van der Waals surface area contributed by atoms with E-state index < -0.39 is 11.1 Å². The Morgan fingerprint density at radius 3 is 2.38 bits per heavy atom. The Labute approximate surface area is 80.8 Å². The van der Waals surface area contributed by atoms with Crippen molar-refractivity contribution >= 4 is 22.9 Å². The van der Waals surface area contributed by atoms with Gasteiger partial charge in [0, 0.05) is 0 Å². The van der Waals surface area contributed by atoms with Crippen molar-refractivity contribution in [2.75, 3.05) is 0 Å². The Morgan fingerprint density at radius 2 is 1.92 bits per heavy atom. The molecule has 0 amide bonds. The molecule has 13 heavy (non-hydrogen) atoms. The number of halogens is 2. The van der Waals surface area contributed by atoms with E-state index in [2.05, 4.69) is 0 Å². The Morgan fingerprint density at radius 1 is 1.38 bits per heavy atom. The van der Waals surface area contributed by atoms with E-state index in [1.54, 1.807) is 12.1 Å². The molecule has 0 saturated carbocycles. The summed E-state index contributed by atoms with van der Waals surface area (Å²) in [5.74, 6) is -0.939. The van der Waals surface area contributed by atoms with Crippen LogP contribution in [0.4, 0.5) is 4.39 Å². The van der Waals surface area contributed by atoms with Gasteiger partial charge in [-0.05, 0) is 30.2 Å². The molecule has 1 aromatic rings. The van der Waals surface area contributed by atoms with Gasteiger partial charge in [0.25, 0.3) is 5.24 Å². The van der Waals surface area contributed by atoms with E-state index in [4.69, 9.17) is 11.6 Å². The maximum Gasteiger partial charge on any atom is 0.280 e. The first-order chi connectivity index (χ1) is 6.09. The predicted octanol–water partition coefficient (Wildman–Crippen LogP) is 3.07. The lowest BCUT2D eigenvalue weighted by Crippen LogP contribution is -1.85. The molecule has 68 valence electrons. The van der Waals surface area contributed by atoms with Crippen LogP contribution in [0.2, 0.25) is 0 Å². The van der Waals surface area contributed by atoms with Gasteiger partial charge in [-0.3, -0.25) is 4.79 Å². The number of rotatable bonds is 2. The first-order valence-electron chi connectivity index (χ1n) is 3.73. The van der Waals surface area contributed by atoms with E-state index in [9.17, 15) is 9.18 Å². The molecular weight excluding hydrogens is 191 g/mol. The second-order valence-electron chi connectivity index (χ2n) is 2.68. The van der Waals surface area contributed by atoms with Crippen LogP contribution in [0.25, 0.3) is 6.08 Å². The van der Waals surface area contributed by atoms with Crippen molar-refractivity contribution in [2.24, 2.45) is 0 Å². The van der Waals surface area contributed by atoms with Crippen molar-refractivity contribution < 1.29 is 9.18 Å². The molecule has 1 aromatic carbocycles. The minimum absolute atomic E-state index is 0.622. The molecule has 0 aliphatic carbocycles. The minimum Gasteiger partial charge on any atom is -0.273 e. The lowest BCUT2D eigenvalue weighted by atomic mass is 10.1. The van der Waals surface area contributed by atoms with E-state index in [0.29, 0.717) is 5.56 Å². The van der Waals surface area contributed by atoms with Gasteiger partial charge in [-0.15, -0.1) is 0 Å². The number of carbonyl (C=O) groups excluding carboxylic acids is 1. The van der Waals surface area contributed by atoms with Crippen LogP contribution in [0.15, 0.2) is 30.1 Å². The zero-order chi connectivity index (χ0) is 9.84. The van der Waals surface area contributed by atoms with Crippen molar-refractivity contribution in [3.63, 3.8) is 0 Å². The lowest BCUT2D eigenvalue weighted by molar-refractivity contribution is -0.109. The van der Waals surface area contributed by atoms with Gasteiger partial charge >= 0.3 is 0 Å². The molecule has 0 fully saturated rings. The standard InChI is InChI=1S/C10H8ClFO/c1-7-2-4-8(5-3-7)6-9(12)10(11)13/h2-6H,1H3/b9-6-. The fourth-order valence-electron chi connectivity index (χ4n) is 0.866.